The van der Waals surface area contributed by atoms with Gasteiger partial charge in [-0.15, -0.1) is 0 Å². The van der Waals surface area contributed by atoms with Crippen LogP contribution < -0.4 is 16.0 Å². The molecule has 178 valence electrons. The molecule has 0 atom stereocenters. The lowest BCUT2D eigenvalue weighted by molar-refractivity contribution is 0.102. The summed E-state index contributed by atoms with van der Waals surface area (Å²) in [6.45, 7) is 0.339. The van der Waals surface area contributed by atoms with E-state index >= 15 is 0 Å². The molecule has 2 aromatic heterocycles. The van der Waals surface area contributed by atoms with Crippen molar-refractivity contribution in [1.82, 2.24) is 14.9 Å². The van der Waals surface area contributed by atoms with Gasteiger partial charge in [0.25, 0.3) is 5.91 Å². The number of carbonyl (C=O) groups excluding carboxylic acids is 2. The van der Waals surface area contributed by atoms with Crippen molar-refractivity contribution in [3.05, 3.63) is 89.6 Å². The Labute approximate surface area is 200 Å². The molecule has 0 bridgehead atoms. The van der Waals surface area contributed by atoms with Crippen molar-refractivity contribution in [2.75, 3.05) is 30.0 Å². The average Bonchev–Trinajstić information content (AvgIpc) is 2.83. The number of carbonyl (C=O) groups is 2. The fourth-order valence-corrected chi connectivity index (χ4v) is 3.29. The Balaban J connectivity index is 1.49. The maximum atomic E-state index is 14.5. The zero-order valence-electron chi connectivity index (χ0n) is 19.0. The fourth-order valence-electron chi connectivity index (χ4n) is 3.29. The van der Waals surface area contributed by atoms with Gasteiger partial charge in [0.15, 0.2) is 11.6 Å². The molecule has 4 rings (SSSR count). The van der Waals surface area contributed by atoms with Crippen molar-refractivity contribution in [2.24, 2.45) is 0 Å². The van der Waals surface area contributed by atoms with Gasteiger partial charge in [0.2, 0.25) is 0 Å². The summed E-state index contributed by atoms with van der Waals surface area (Å²) in [5.74, 6) is -1.69. The quantitative estimate of drug-likeness (QED) is 0.369. The highest BCUT2D eigenvalue weighted by atomic mass is 19.1. The number of halogens is 2. The second-order valence-corrected chi connectivity index (χ2v) is 7.88. The number of hydrogen-bond acceptors (Lipinski definition) is 5. The molecule has 10 heteroatoms. The first-order valence-corrected chi connectivity index (χ1v) is 10.6. The van der Waals surface area contributed by atoms with Gasteiger partial charge >= 0.3 is 6.03 Å². The molecule has 2 aromatic carbocycles. The highest BCUT2D eigenvalue weighted by Gasteiger charge is 2.15. The van der Waals surface area contributed by atoms with Crippen LogP contribution in [0.25, 0.3) is 10.9 Å². The van der Waals surface area contributed by atoms with Crippen LogP contribution in [-0.2, 0) is 6.54 Å². The van der Waals surface area contributed by atoms with E-state index in [1.54, 1.807) is 56.7 Å². The molecule has 0 aliphatic carbocycles. The minimum absolute atomic E-state index is 0.251. The lowest BCUT2D eigenvalue weighted by Gasteiger charge is -2.14. The minimum Gasteiger partial charge on any atom is -0.380 e. The first-order valence-electron chi connectivity index (χ1n) is 10.6. The van der Waals surface area contributed by atoms with Crippen LogP contribution in [-0.4, -0.2) is 40.9 Å². The summed E-state index contributed by atoms with van der Waals surface area (Å²) >= 11 is 0. The van der Waals surface area contributed by atoms with Crippen molar-refractivity contribution in [3.8, 4) is 0 Å². The number of benzene rings is 2. The maximum Gasteiger partial charge on any atom is 0.322 e. The molecule has 3 amide bonds. The van der Waals surface area contributed by atoms with Gasteiger partial charge in [0.1, 0.15) is 11.6 Å². The lowest BCUT2D eigenvalue weighted by atomic mass is 10.1. The molecule has 35 heavy (non-hydrogen) atoms. The molecule has 8 nitrogen and oxygen atoms in total. The van der Waals surface area contributed by atoms with Gasteiger partial charge in [-0.25, -0.2) is 23.5 Å². The van der Waals surface area contributed by atoms with E-state index in [9.17, 15) is 18.4 Å². The monoisotopic (exact) mass is 476 g/mol. The highest BCUT2D eigenvalue weighted by molar-refractivity contribution is 6.08. The molecular formula is C25H22F2N6O2. The molecule has 4 aromatic rings. The van der Waals surface area contributed by atoms with Crippen molar-refractivity contribution < 1.29 is 18.4 Å². The molecule has 0 fully saturated rings. The van der Waals surface area contributed by atoms with E-state index in [0.29, 0.717) is 29.0 Å². The van der Waals surface area contributed by atoms with Crippen LogP contribution >= 0.6 is 0 Å². The summed E-state index contributed by atoms with van der Waals surface area (Å²) in [4.78, 5) is 34.4. The SMILES string of the molecule is CN(C)C(=O)Nc1cc(CNc2ccccc2C(=O)Nc2nc3ccc(F)cc3cc2F)ccn1. The third-order valence-electron chi connectivity index (χ3n) is 5.08. The van der Waals surface area contributed by atoms with Gasteiger partial charge in [0, 0.05) is 37.9 Å². The minimum atomic E-state index is -0.772. The number of pyridine rings is 2. The number of nitrogens with zero attached hydrogens (tertiary/aromatic N) is 3. The van der Waals surface area contributed by atoms with Gasteiger partial charge in [-0.3, -0.25) is 10.1 Å². The largest absolute Gasteiger partial charge is 0.380 e. The molecule has 3 N–H and O–H groups in total. The van der Waals surface area contributed by atoms with E-state index in [0.717, 1.165) is 11.6 Å². The van der Waals surface area contributed by atoms with E-state index < -0.39 is 17.5 Å². The van der Waals surface area contributed by atoms with Gasteiger partial charge in [-0.2, -0.15) is 0 Å². The first-order chi connectivity index (χ1) is 16.8. The van der Waals surface area contributed by atoms with Crippen LogP contribution in [0, 0.1) is 11.6 Å². The predicted molar refractivity (Wildman–Crippen MR) is 130 cm³/mol. The van der Waals surface area contributed by atoms with E-state index in [1.807, 2.05) is 0 Å². The van der Waals surface area contributed by atoms with Crippen LogP contribution in [0.4, 0.5) is 30.9 Å². The Bertz CT molecular complexity index is 1410. The number of nitrogens with one attached hydrogen (secondary N) is 3. The normalized spacial score (nSPS) is 10.6. The summed E-state index contributed by atoms with van der Waals surface area (Å²) < 4.78 is 27.9. The number of fused-ring (bicyclic) bond motifs is 1. The summed E-state index contributed by atoms with van der Waals surface area (Å²) in [5.41, 5.74) is 1.97. The Hall–Kier alpha value is -4.60. The summed E-state index contributed by atoms with van der Waals surface area (Å²) in [7, 11) is 3.25. The molecule has 0 aliphatic heterocycles. The fraction of sp³-hybridized carbons (Fsp3) is 0.120. The molecule has 0 unspecified atom stereocenters. The molecule has 0 radical (unpaired) electrons. The molecule has 0 saturated heterocycles. The number of aromatic nitrogens is 2. The second-order valence-electron chi connectivity index (χ2n) is 7.88. The lowest BCUT2D eigenvalue weighted by Crippen LogP contribution is -2.27. The number of anilines is 3. The Morgan fingerprint density at radius 3 is 2.57 bits per heavy atom. The van der Waals surface area contributed by atoms with Crippen LogP contribution in [0.15, 0.2) is 66.9 Å². The second kappa shape index (κ2) is 10.1. The van der Waals surface area contributed by atoms with Gasteiger partial charge in [-0.05, 0) is 54.1 Å². The summed E-state index contributed by atoms with van der Waals surface area (Å²) in [5, 5.41) is 8.65. The zero-order valence-corrected chi connectivity index (χ0v) is 19.0. The number of urea groups is 1. The highest BCUT2D eigenvalue weighted by Crippen LogP contribution is 2.23. The Morgan fingerprint density at radius 1 is 0.971 bits per heavy atom. The smallest absolute Gasteiger partial charge is 0.322 e. The summed E-state index contributed by atoms with van der Waals surface area (Å²) in [6, 6.07) is 14.9. The standard InChI is InChI=1S/C25H22F2N6O2/c1-33(2)25(35)31-22-11-15(9-10-28-22)14-29-21-6-4-3-5-18(21)24(34)32-23-19(27)13-16-12-17(26)7-8-20(16)30-23/h3-13,29H,14H2,1-2H3,(H,28,31,35)(H,30,32,34). The van der Waals surface area contributed by atoms with Crippen LogP contribution in [0.1, 0.15) is 15.9 Å². The zero-order chi connectivity index (χ0) is 24.9. The topological polar surface area (TPSA) is 99.2 Å². The molecule has 0 saturated carbocycles. The van der Waals surface area contributed by atoms with E-state index in [1.165, 1.54) is 23.1 Å². The van der Waals surface area contributed by atoms with Crippen LogP contribution in [0.3, 0.4) is 0 Å². The third kappa shape index (κ3) is 5.67. The van der Waals surface area contributed by atoms with E-state index in [2.05, 4.69) is 25.9 Å². The maximum absolute atomic E-state index is 14.5. The first kappa shape index (κ1) is 23.6. The van der Waals surface area contributed by atoms with E-state index in [4.69, 9.17) is 0 Å². The van der Waals surface area contributed by atoms with Crippen molar-refractivity contribution >= 4 is 40.2 Å². The Morgan fingerprint density at radius 2 is 1.77 bits per heavy atom. The van der Waals surface area contributed by atoms with Crippen molar-refractivity contribution in [1.29, 1.82) is 0 Å². The van der Waals surface area contributed by atoms with Crippen LogP contribution in [0.2, 0.25) is 0 Å². The average molecular weight is 476 g/mol. The van der Waals surface area contributed by atoms with Crippen molar-refractivity contribution in [3.63, 3.8) is 0 Å². The van der Waals surface area contributed by atoms with Gasteiger partial charge < -0.3 is 15.5 Å². The van der Waals surface area contributed by atoms with Gasteiger partial charge in [-0.1, -0.05) is 12.1 Å². The number of rotatable bonds is 6. The van der Waals surface area contributed by atoms with Gasteiger partial charge in [0.05, 0.1) is 11.1 Å². The molecule has 0 spiro atoms. The van der Waals surface area contributed by atoms with Crippen molar-refractivity contribution in [2.45, 2.75) is 6.54 Å². The number of amides is 3. The molecule has 2 heterocycles. The molecular weight excluding hydrogens is 454 g/mol. The molecule has 0 aliphatic rings. The Kier molecular flexibility index (Phi) is 6.81. The van der Waals surface area contributed by atoms with E-state index in [-0.39, 0.29) is 17.4 Å². The predicted octanol–water partition coefficient (Wildman–Crippen LogP) is 4.87. The van der Waals surface area contributed by atoms with Crippen LogP contribution in [0.5, 0.6) is 0 Å². The summed E-state index contributed by atoms with van der Waals surface area (Å²) in [6.07, 6.45) is 1.57. The third-order valence-corrected chi connectivity index (χ3v) is 5.08. The number of para-hydroxylation sites is 1. The number of hydrogen-bond donors (Lipinski definition) is 3.